The summed E-state index contributed by atoms with van der Waals surface area (Å²) in [4.78, 5) is 14.7. The standard InChI is InChI=1S/C14H22N2OS/c1-12(2)16(3)14(17)11-15-9-10-18-13-7-5-4-6-8-13/h4-8,12,15H,9-11H2,1-3H3. The van der Waals surface area contributed by atoms with Gasteiger partial charge in [0.2, 0.25) is 5.91 Å². The van der Waals surface area contributed by atoms with Crippen molar-refractivity contribution in [3.05, 3.63) is 30.3 Å². The number of rotatable bonds is 7. The normalized spacial score (nSPS) is 10.7. The van der Waals surface area contributed by atoms with Gasteiger partial charge in [0.05, 0.1) is 6.54 Å². The number of thioether (sulfide) groups is 1. The molecule has 100 valence electrons. The van der Waals surface area contributed by atoms with Crippen LogP contribution in [0.4, 0.5) is 0 Å². The minimum absolute atomic E-state index is 0.148. The quantitative estimate of drug-likeness (QED) is 0.607. The summed E-state index contributed by atoms with van der Waals surface area (Å²) in [7, 11) is 1.84. The van der Waals surface area contributed by atoms with Gasteiger partial charge in [0.15, 0.2) is 0 Å². The molecule has 0 fully saturated rings. The third-order valence-electron chi connectivity index (χ3n) is 2.73. The van der Waals surface area contributed by atoms with E-state index in [0.29, 0.717) is 6.54 Å². The first-order chi connectivity index (χ1) is 8.61. The van der Waals surface area contributed by atoms with E-state index >= 15 is 0 Å². The molecule has 0 unspecified atom stereocenters. The van der Waals surface area contributed by atoms with E-state index in [9.17, 15) is 4.79 Å². The monoisotopic (exact) mass is 266 g/mol. The molecular weight excluding hydrogens is 244 g/mol. The van der Waals surface area contributed by atoms with Crippen molar-refractivity contribution in [3.8, 4) is 0 Å². The Kier molecular flexibility index (Phi) is 6.83. The molecule has 3 nitrogen and oxygen atoms in total. The van der Waals surface area contributed by atoms with Crippen LogP contribution in [0.5, 0.6) is 0 Å². The van der Waals surface area contributed by atoms with Crippen LogP contribution in [0.15, 0.2) is 35.2 Å². The summed E-state index contributed by atoms with van der Waals surface area (Å²) in [6, 6.07) is 10.6. The highest BCUT2D eigenvalue weighted by atomic mass is 32.2. The number of hydrogen-bond acceptors (Lipinski definition) is 3. The Morgan fingerprint density at radius 2 is 2.00 bits per heavy atom. The van der Waals surface area contributed by atoms with Crippen molar-refractivity contribution >= 4 is 17.7 Å². The Labute approximate surface area is 114 Å². The molecule has 0 atom stereocenters. The third-order valence-corrected chi connectivity index (χ3v) is 3.75. The van der Waals surface area contributed by atoms with Gasteiger partial charge in [-0.1, -0.05) is 18.2 Å². The van der Waals surface area contributed by atoms with Crippen LogP contribution in [0.2, 0.25) is 0 Å². The minimum atomic E-state index is 0.148. The van der Waals surface area contributed by atoms with Crippen molar-refractivity contribution in [1.82, 2.24) is 10.2 Å². The molecule has 0 spiro atoms. The fourth-order valence-corrected chi connectivity index (χ4v) is 2.20. The fraction of sp³-hybridized carbons (Fsp3) is 0.500. The van der Waals surface area contributed by atoms with Crippen LogP contribution in [0, 0.1) is 0 Å². The molecule has 0 aliphatic heterocycles. The molecule has 4 heteroatoms. The SMILES string of the molecule is CC(C)N(C)C(=O)CNCCSc1ccccc1. The molecule has 0 bridgehead atoms. The van der Waals surface area contributed by atoms with Crippen LogP contribution in [-0.2, 0) is 4.79 Å². The lowest BCUT2D eigenvalue weighted by atomic mass is 10.3. The van der Waals surface area contributed by atoms with Gasteiger partial charge in [0.1, 0.15) is 0 Å². The van der Waals surface area contributed by atoms with E-state index in [4.69, 9.17) is 0 Å². The van der Waals surface area contributed by atoms with E-state index in [1.165, 1.54) is 4.90 Å². The molecule has 0 aromatic heterocycles. The number of carbonyl (C=O) groups excluding carboxylic acids is 1. The number of benzene rings is 1. The van der Waals surface area contributed by atoms with Crippen molar-refractivity contribution < 1.29 is 4.79 Å². The Morgan fingerprint density at radius 1 is 1.33 bits per heavy atom. The zero-order valence-electron chi connectivity index (χ0n) is 11.3. The Bertz CT molecular complexity index is 354. The summed E-state index contributed by atoms with van der Waals surface area (Å²) in [6.07, 6.45) is 0. The second-order valence-electron chi connectivity index (χ2n) is 4.44. The Balaban J connectivity index is 2.11. The zero-order valence-corrected chi connectivity index (χ0v) is 12.2. The molecule has 1 rings (SSSR count). The molecular formula is C14H22N2OS. The topological polar surface area (TPSA) is 32.3 Å². The molecule has 1 amide bonds. The van der Waals surface area contributed by atoms with Crippen LogP contribution in [0.3, 0.4) is 0 Å². The van der Waals surface area contributed by atoms with E-state index in [2.05, 4.69) is 17.4 Å². The molecule has 0 heterocycles. The van der Waals surface area contributed by atoms with E-state index < -0.39 is 0 Å². The highest BCUT2D eigenvalue weighted by Gasteiger charge is 2.10. The molecule has 0 saturated carbocycles. The zero-order chi connectivity index (χ0) is 13.4. The number of carbonyl (C=O) groups is 1. The maximum atomic E-state index is 11.7. The van der Waals surface area contributed by atoms with Gasteiger partial charge in [-0.3, -0.25) is 4.79 Å². The van der Waals surface area contributed by atoms with Gasteiger partial charge < -0.3 is 10.2 Å². The summed E-state index contributed by atoms with van der Waals surface area (Å²) >= 11 is 1.80. The van der Waals surface area contributed by atoms with Crippen LogP contribution in [-0.4, -0.2) is 42.7 Å². The third kappa shape index (κ3) is 5.56. The summed E-state index contributed by atoms with van der Waals surface area (Å²) in [6.45, 7) is 5.30. The van der Waals surface area contributed by atoms with Crippen LogP contribution >= 0.6 is 11.8 Å². The Morgan fingerprint density at radius 3 is 2.61 bits per heavy atom. The van der Waals surface area contributed by atoms with E-state index in [1.54, 1.807) is 16.7 Å². The van der Waals surface area contributed by atoms with E-state index in [1.807, 2.05) is 39.1 Å². The van der Waals surface area contributed by atoms with Crippen molar-refractivity contribution in [1.29, 1.82) is 0 Å². The maximum absolute atomic E-state index is 11.7. The van der Waals surface area contributed by atoms with Crippen molar-refractivity contribution in [2.75, 3.05) is 25.9 Å². The van der Waals surface area contributed by atoms with Crippen molar-refractivity contribution in [2.45, 2.75) is 24.8 Å². The van der Waals surface area contributed by atoms with Gasteiger partial charge in [-0.15, -0.1) is 11.8 Å². The number of nitrogens with zero attached hydrogens (tertiary/aromatic N) is 1. The summed E-state index contributed by atoms with van der Waals surface area (Å²) in [5.41, 5.74) is 0. The highest BCUT2D eigenvalue weighted by Crippen LogP contribution is 2.15. The van der Waals surface area contributed by atoms with Gasteiger partial charge in [-0.2, -0.15) is 0 Å². The maximum Gasteiger partial charge on any atom is 0.236 e. The first-order valence-electron chi connectivity index (χ1n) is 6.25. The lowest BCUT2D eigenvalue weighted by molar-refractivity contribution is -0.130. The van der Waals surface area contributed by atoms with E-state index in [0.717, 1.165) is 12.3 Å². The van der Waals surface area contributed by atoms with E-state index in [-0.39, 0.29) is 11.9 Å². The highest BCUT2D eigenvalue weighted by molar-refractivity contribution is 7.99. The molecule has 0 radical (unpaired) electrons. The first kappa shape index (κ1) is 15.1. The van der Waals surface area contributed by atoms with Gasteiger partial charge in [-0.05, 0) is 26.0 Å². The molecule has 0 aliphatic carbocycles. The fourth-order valence-electron chi connectivity index (χ4n) is 1.37. The lowest BCUT2D eigenvalue weighted by Gasteiger charge is -2.21. The first-order valence-corrected chi connectivity index (χ1v) is 7.24. The smallest absolute Gasteiger partial charge is 0.236 e. The molecule has 1 N–H and O–H groups in total. The average molecular weight is 266 g/mol. The number of likely N-dealkylation sites (N-methyl/N-ethyl adjacent to an activating group) is 1. The molecule has 18 heavy (non-hydrogen) atoms. The second-order valence-corrected chi connectivity index (χ2v) is 5.61. The summed E-state index contributed by atoms with van der Waals surface area (Å²) < 4.78 is 0. The molecule has 0 saturated heterocycles. The van der Waals surface area contributed by atoms with Crippen LogP contribution in [0.25, 0.3) is 0 Å². The number of hydrogen-bond donors (Lipinski definition) is 1. The number of nitrogens with one attached hydrogen (secondary N) is 1. The molecule has 1 aromatic carbocycles. The lowest BCUT2D eigenvalue weighted by Crippen LogP contribution is -2.39. The van der Waals surface area contributed by atoms with Crippen LogP contribution < -0.4 is 5.32 Å². The predicted octanol–water partition coefficient (Wildman–Crippen LogP) is 2.24. The van der Waals surface area contributed by atoms with Gasteiger partial charge in [0, 0.05) is 30.3 Å². The second kappa shape index (κ2) is 8.16. The Hall–Kier alpha value is -1.00. The van der Waals surface area contributed by atoms with Gasteiger partial charge in [0.25, 0.3) is 0 Å². The van der Waals surface area contributed by atoms with Crippen molar-refractivity contribution in [3.63, 3.8) is 0 Å². The van der Waals surface area contributed by atoms with Crippen molar-refractivity contribution in [2.24, 2.45) is 0 Å². The summed E-state index contributed by atoms with van der Waals surface area (Å²) in [5.74, 6) is 1.12. The van der Waals surface area contributed by atoms with Crippen LogP contribution in [0.1, 0.15) is 13.8 Å². The average Bonchev–Trinajstić information content (AvgIpc) is 2.38. The summed E-state index contributed by atoms with van der Waals surface area (Å²) in [5, 5.41) is 3.18. The largest absolute Gasteiger partial charge is 0.342 e. The van der Waals surface area contributed by atoms with Gasteiger partial charge >= 0.3 is 0 Å². The molecule has 0 aliphatic rings. The minimum Gasteiger partial charge on any atom is -0.342 e. The number of amides is 1. The molecule has 1 aromatic rings. The van der Waals surface area contributed by atoms with Gasteiger partial charge in [-0.25, -0.2) is 0 Å². The predicted molar refractivity (Wildman–Crippen MR) is 77.9 cm³/mol.